The smallest absolute Gasteiger partial charge is 0.260 e. The standard InChI is InChI=1S/C22H27FN6O3/c1-12(2)19-21(31)26-18-13(3)24-22(27-20(18)28(19)4)25-14-9-29(10-14)17(30)11-32-16-8-6-5-7-15(16)23/h5-8,12,14,19H,9-11H2,1-4H3,(H,26,31)(H,24,25,27)/t19-/m0/s1. The number of nitrogens with one attached hydrogen (secondary N) is 2. The van der Waals surface area contributed by atoms with Gasteiger partial charge >= 0.3 is 0 Å². The molecule has 1 aromatic carbocycles. The van der Waals surface area contributed by atoms with Gasteiger partial charge in [-0.2, -0.15) is 4.98 Å². The maximum Gasteiger partial charge on any atom is 0.260 e. The molecule has 3 heterocycles. The molecular weight excluding hydrogens is 415 g/mol. The summed E-state index contributed by atoms with van der Waals surface area (Å²) in [6, 6.07) is 5.68. The van der Waals surface area contributed by atoms with E-state index in [0.717, 1.165) is 0 Å². The van der Waals surface area contributed by atoms with E-state index in [9.17, 15) is 14.0 Å². The molecule has 1 atom stereocenters. The third-order valence-corrected chi connectivity index (χ3v) is 5.73. The Morgan fingerprint density at radius 3 is 2.72 bits per heavy atom. The molecule has 0 bridgehead atoms. The van der Waals surface area contributed by atoms with E-state index in [-0.39, 0.29) is 42.2 Å². The van der Waals surface area contributed by atoms with E-state index >= 15 is 0 Å². The first kappa shape index (κ1) is 21.8. The normalized spacial score (nSPS) is 18.2. The van der Waals surface area contributed by atoms with E-state index in [1.54, 1.807) is 17.0 Å². The van der Waals surface area contributed by atoms with E-state index in [1.807, 2.05) is 32.7 Å². The largest absolute Gasteiger partial charge is 0.481 e. The fraction of sp³-hybridized carbons (Fsp3) is 0.455. The number of benzene rings is 1. The fourth-order valence-electron chi connectivity index (χ4n) is 4.03. The Kier molecular flexibility index (Phi) is 5.86. The molecular formula is C22H27FN6O3. The van der Waals surface area contributed by atoms with Crippen LogP contribution >= 0.6 is 0 Å². The molecule has 10 heteroatoms. The van der Waals surface area contributed by atoms with Crippen LogP contribution in [0.25, 0.3) is 0 Å². The highest BCUT2D eigenvalue weighted by Gasteiger charge is 2.36. The molecule has 2 amide bonds. The highest BCUT2D eigenvalue weighted by atomic mass is 19.1. The highest BCUT2D eigenvalue weighted by molar-refractivity contribution is 6.03. The molecule has 0 unspecified atom stereocenters. The summed E-state index contributed by atoms with van der Waals surface area (Å²) in [5, 5.41) is 6.18. The van der Waals surface area contributed by atoms with E-state index in [2.05, 4.69) is 20.6 Å². The molecule has 9 nitrogen and oxygen atoms in total. The van der Waals surface area contributed by atoms with Crippen molar-refractivity contribution in [2.45, 2.75) is 32.9 Å². The van der Waals surface area contributed by atoms with Crippen molar-refractivity contribution in [1.82, 2.24) is 14.9 Å². The number of anilines is 3. The van der Waals surface area contributed by atoms with Gasteiger partial charge in [0.25, 0.3) is 5.91 Å². The maximum absolute atomic E-state index is 13.6. The van der Waals surface area contributed by atoms with Gasteiger partial charge in [0.1, 0.15) is 11.7 Å². The van der Waals surface area contributed by atoms with Gasteiger partial charge in [-0.15, -0.1) is 0 Å². The number of likely N-dealkylation sites (N-methyl/N-ethyl adjacent to an activating group) is 1. The number of fused-ring (bicyclic) bond motifs is 1. The van der Waals surface area contributed by atoms with Crippen molar-refractivity contribution in [2.75, 3.05) is 42.3 Å². The number of carbonyl (C=O) groups is 2. The van der Waals surface area contributed by atoms with Crippen LogP contribution in [0.4, 0.5) is 21.8 Å². The Morgan fingerprint density at radius 1 is 1.31 bits per heavy atom. The average molecular weight is 442 g/mol. The number of aryl methyl sites for hydroxylation is 1. The lowest BCUT2D eigenvalue weighted by Crippen LogP contribution is -2.58. The van der Waals surface area contributed by atoms with Crippen molar-refractivity contribution < 1.29 is 18.7 Å². The summed E-state index contributed by atoms with van der Waals surface area (Å²) in [5.74, 6) is 0.534. The first-order valence-corrected chi connectivity index (χ1v) is 10.6. The van der Waals surface area contributed by atoms with Crippen LogP contribution in [0.2, 0.25) is 0 Å². The molecule has 2 aliphatic heterocycles. The zero-order valence-corrected chi connectivity index (χ0v) is 18.6. The number of ether oxygens (including phenoxy) is 1. The van der Waals surface area contributed by atoms with E-state index < -0.39 is 5.82 Å². The molecule has 0 saturated carbocycles. The number of halogens is 1. The number of nitrogens with zero attached hydrogens (tertiary/aromatic N) is 4. The topological polar surface area (TPSA) is 99.7 Å². The summed E-state index contributed by atoms with van der Waals surface area (Å²) < 4.78 is 18.9. The summed E-state index contributed by atoms with van der Waals surface area (Å²) in [6.45, 7) is 6.54. The number of para-hydroxylation sites is 1. The van der Waals surface area contributed by atoms with Gasteiger partial charge in [-0.25, -0.2) is 9.37 Å². The van der Waals surface area contributed by atoms with Crippen molar-refractivity contribution in [3.8, 4) is 5.75 Å². The van der Waals surface area contributed by atoms with Gasteiger partial charge in [-0.1, -0.05) is 26.0 Å². The average Bonchev–Trinajstić information content (AvgIpc) is 2.70. The second-order valence-corrected chi connectivity index (χ2v) is 8.48. The molecule has 0 spiro atoms. The second-order valence-electron chi connectivity index (χ2n) is 8.48. The molecule has 2 aromatic rings. The zero-order valence-electron chi connectivity index (χ0n) is 18.6. The Bertz CT molecular complexity index is 1040. The minimum atomic E-state index is -0.496. The first-order chi connectivity index (χ1) is 15.2. The van der Waals surface area contributed by atoms with Crippen LogP contribution < -0.4 is 20.3 Å². The molecule has 0 radical (unpaired) electrons. The summed E-state index contributed by atoms with van der Waals surface area (Å²) in [4.78, 5) is 37.4. The van der Waals surface area contributed by atoms with Crippen LogP contribution in [0, 0.1) is 18.7 Å². The van der Waals surface area contributed by atoms with Gasteiger partial charge < -0.3 is 25.2 Å². The van der Waals surface area contributed by atoms with Crippen LogP contribution in [0.3, 0.4) is 0 Å². The Hall–Kier alpha value is -3.43. The summed E-state index contributed by atoms with van der Waals surface area (Å²) >= 11 is 0. The lowest BCUT2D eigenvalue weighted by molar-refractivity contribution is -0.137. The van der Waals surface area contributed by atoms with Crippen LogP contribution in [-0.2, 0) is 9.59 Å². The molecule has 32 heavy (non-hydrogen) atoms. The monoisotopic (exact) mass is 442 g/mol. The van der Waals surface area contributed by atoms with Gasteiger partial charge in [-0.3, -0.25) is 9.59 Å². The number of hydrogen-bond donors (Lipinski definition) is 2. The molecule has 0 aliphatic carbocycles. The Labute approximate surface area is 186 Å². The van der Waals surface area contributed by atoms with Crippen molar-refractivity contribution in [3.05, 3.63) is 35.8 Å². The number of hydrogen-bond acceptors (Lipinski definition) is 7. The number of rotatable bonds is 6. The van der Waals surface area contributed by atoms with Gasteiger partial charge in [-0.05, 0) is 25.0 Å². The van der Waals surface area contributed by atoms with E-state index in [4.69, 9.17) is 4.74 Å². The predicted molar refractivity (Wildman–Crippen MR) is 118 cm³/mol. The van der Waals surface area contributed by atoms with Crippen molar-refractivity contribution >= 4 is 29.3 Å². The maximum atomic E-state index is 13.6. The number of likely N-dealkylation sites (tertiary alicyclic amines) is 1. The third kappa shape index (κ3) is 4.17. The van der Waals surface area contributed by atoms with Crippen molar-refractivity contribution in [2.24, 2.45) is 5.92 Å². The van der Waals surface area contributed by atoms with Crippen LogP contribution in [0.5, 0.6) is 5.75 Å². The predicted octanol–water partition coefficient (Wildman–Crippen LogP) is 2.04. The molecule has 1 fully saturated rings. The second kappa shape index (κ2) is 8.60. The molecule has 2 aliphatic rings. The van der Waals surface area contributed by atoms with Gasteiger partial charge in [0, 0.05) is 20.1 Å². The van der Waals surface area contributed by atoms with Crippen LogP contribution in [0.1, 0.15) is 19.5 Å². The third-order valence-electron chi connectivity index (χ3n) is 5.73. The van der Waals surface area contributed by atoms with Crippen molar-refractivity contribution in [3.63, 3.8) is 0 Å². The Balaban J connectivity index is 1.35. The molecule has 4 rings (SSSR count). The molecule has 2 N–H and O–H groups in total. The van der Waals surface area contributed by atoms with Gasteiger partial charge in [0.05, 0.1) is 11.7 Å². The lowest BCUT2D eigenvalue weighted by Gasteiger charge is -2.40. The lowest BCUT2D eigenvalue weighted by atomic mass is 9.99. The van der Waals surface area contributed by atoms with E-state index in [1.165, 1.54) is 12.1 Å². The van der Waals surface area contributed by atoms with Gasteiger partial charge in [0.2, 0.25) is 11.9 Å². The first-order valence-electron chi connectivity index (χ1n) is 10.6. The Morgan fingerprint density at radius 2 is 2.03 bits per heavy atom. The van der Waals surface area contributed by atoms with Crippen LogP contribution in [0.15, 0.2) is 24.3 Å². The van der Waals surface area contributed by atoms with Gasteiger partial charge in [0.15, 0.2) is 24.0 Å². The summed E-state index contributed by atoms with van der Waals surface area (Å²) in [6.07, 6.45) is 0. The number of amides is 2. The van der Waals surface area contributed by atoms with Crippen LogP contribution in [-0.4, -0.2) is 65.5 Å². The summed E-state index contributed by atoms with van der Waals surface area (Å²) in [7, 11) is 1.86. The zero-order chi connectivity index (χ0) is 23.0. The minimum Gasteiger partial charge on any atom is -0.481 e. The van der Waals surface area contributed by atoms with Crippen molar-refractivity contribution in [1.29, 1.82) is 0 Å². The summed E-state index contributed by atoms with van der Waals surface area (Å²) in [5.41, 5.74) is 1.29. The number of carbonyl (C=O) groups excluding carboxylic acids is 2. The SMILES string of the molecule is Cc1nc(NC2CN(C(=O)COc3ccccc3F)C2)nc2c1NC(=O)[C@H](C(C)C)N2C. The molecule has 170 valence electrons. The molecule has 1 saturated heterocycles. The fourth-order valence-corrected chi connectivity index (χ4v) is 4.03. The molecule has 1 aromatic heterocycles. The number of aromatic nitrogens is 2. The minimum absolute atomic E-state index is 0.00533. The highest BCUT2D eigenvalue weighted by Crippen LogP contribution is 2.34. The van der Waals surface area contributed by atoms with E-state index in [0.29, 0.717) is 36.2 Å². The quantitative estimate of drug-likeness (QED) is 0.706.